The summed E-state index contributed by atoms with van der Waals surface area (Å²) in [6.45, 7) is 4.22. The van der Waals surface area contributed by atoms with Crippen molar-refractivity contribution in [2.24, 2.45) is 0 Å². The topological polar surface area (TPSA) is 72.9 Å². The van der Waals surface area contributed by atoms with Gasteiger partial charge < -0.3 is 20.2 Å². The number of amides is 2. The average Bonchev–Trinajstić information content (AvgIpc) is 2.74. The van der Waals surface area contributed by atoms with E-state index in [0.29, 0.717) is 19.5 Å². The Morgan fingerprint density at radius 1 is 1.00 bits per heavy atom. The number of nitrogens with zero attached hydrogens (tertiary/aromatic N) is 2. The van der Waals surface area contributed by atoms with Crippen molar-refractivity contribution in [2.45, 2.75) is 51.0 Å². The molecule has 2 saturated heterocycles. The van der Waals surface area contributed by atoms with Gasteiger partial charge in [-0.25, -0.2) is 9.59 Å². The van der Waals surface area contributed by atoms with Crippen LogP contribution in [0.4, 0.5) is 4.79 Å². The van der Waals surface area contributed by atoms with Crippen molar-refractivity contribution in [1.82, 2.24) is 15.1 Å². The minimum Gasteiger partial charge on any atom is -0.480 e. The maximum Gasteiger partial charge on any atom is 0.326 e. The molecule has 6 nitrogen and oxygen atoms in total. The standard InChI is InChI=1S/C15H27N3O3/c19-14(20)13-7-3-1-6-11-18(13)15(21)16-8-12-17-9-4-2-5-10-17/h13H,1-12H2,(H,16,21)(H,19,20). The van der Waals surface area contributed by atoms with Crippen molar-refractivity contribution in [2.75, 3.05) is 32.7 Å². The molecule has 2 heterocycles. The summed E-state index contributed by atoms with van der Waals surface area (Å²) < 4.78 is 0. The fourth-order valence-corrected chi connectivity index (χ4v) is 3.21. The van der Waals surface area contributed by atoms with Gasteiger partial charge in [0, 0.05) is 19.6 Å². The molecule has 2 rings (SSSR count). The first-order valence-electron chi connectivity index (χ1n) is 8.18. The van der Waals surface area contributed by atoms with Crippen LogP contribution in [-0.2, 0) is 4.79 Å². The summed E-state index contributed by atoms with van der Waals surface area (Å²) in [6.07, 6.45) is 7.12. The molecule has 0 aromatic carbocycles. The van der Waals surface area contributed by atoms with E-state index in [1.807, 2.05) is 0 Å². The lowest BCUT2D eigenvalue weighted by Gasteiger charge is -2.29. The van der Waals surface area contributed by atoms with Crippen LogP contribution < -0.4 is 5.32 Å². The highest BCUT2D eigenvalue weighted by Crippen LogP contribution is 2.17. The first-order valence-corrected chi connectivity index (χ1v) is 8.18. The number of carbonyl (C=O) groups excluding carboxylic acids is 1. The van der Waals surface area contributed by atoms with Crippen LogP contribution in [0.1, 0.15) is 44.9 Å². The van der Waals surface area contributed by atoms with E-state index < -0.39 is 12.0 Å². The molecule has 0 aromatic rings. The number of rotatable bonds is 4. The third kappa shape index (κ3) is 4.88. The average molecular weight is 297 g/mol. The Hall–Kier alpha value is -1.30. The molecule has 2 aliphatic rings. The number of piperidine rings is 1. The van der Waals surface area contributed by atoms with Crippen LogP contribution in [0.3, 0.4) is 0 Å². The number of likely N-dealkylation sites (tertiary alicyclic amines) is 2. The minimum atomic E-state index is -0.886. The molecule has 1 atom stereocenters. The Morgan fingerprint density at radius 3 is 2.38 bits per heavy atom. The van der Waals surface area contributed by atoms with Crippen molar-refractivity contribution in [3.05, 3.63) is 0 Å². The van der Waals surface area contributed by atoms with Crippen LogP contribution in [0.15, 0.2) is 0 Å². The van der Waals surface area contributed by atoms with Gasteiger partial charge in [-0.1, -0.05) is 19.3 Å². The smallest absolute Gasteiger partial charge is 0.326 e. The largest absolute Gasteiger partial charge is 0.480 e. The van der Waals surface area contributed by atoms with Crippen molar-refractivity contribution < 1.29 is 14.7 Å². The molecule has 6 heteroatoms. The van der Waals surface area contributed by atoms with E-state index in [1.54, 1.807) is 0 Å². The minimum absolute atomic E-state index is 0.221. The lowest BCUT2D eigenvalue weighted by Crippen LogP contribution is -2.50. The van der Waals surface area contributed by atoms with Crippen molar-refractivity contribution in [1.29, 1.82) is 0 Å². The molecule has 2 fully saturated rings. The molecule has 2 amide bonds. The third-order valence-corrected chi connectivity index (χ3v) is 4.45. The lowest BCUT2D eigenvalue weighted by atomic mass is 10.1. The zero-order valence-electron chi connectivity index (χ0n) is 12.7. The van der Waals surface area contributed by atoms with E-state index in [1.165, 1.54) is 24.2 Å². The summed E-state index contributed by atoms with van der Waals surface area (Å²) in [4.78, 5) is 27.4. The van der Waals surface area contributed by atoms with Gasteiger partial charge in [-0.2, -0.15) is 0 Å². The van der Waals surface area contributed by atoms with Gasteiger partial charge in [-0.15, -0.1) is 0 Å². The molecule has 21 heavy (non-hydrogen) atoms. The van der Waals surface area contributed by atoms with Gasteiger partial charge in [-0.3, -0.25) is 0 Å². The number of carboxylic acid groups (broad SMARTS) is 1. The summed E-state index contributed by atoms with van der Waals surface area (Å²) >= 11 is 0. The van der Waals surface area contributed by atoms with Crippen LogP contribution in [0.25, 0.3) is 0 Å². The van der Waals surface area contributed by atoms with Gasteiger partial charge in [0.1, 0.15) is 6.04 Å². The van der Waals surface area contributed by atoms with Crippen molar-refractivity contribution in [3.8, 4) is 0 Å². The Morgan fingerprint density at radius 2 is 1.67 bits per heavy atom. The molecule has 0 spiro atoms. The van der Waals surface area contributed by atoms with Crippen molar-refractivity contribution >= 4 is 12.0 Å². The number of aliphatic carboxylic acids is 1. The van der Waals surface area contributed by atoms with E-state index in [-0.39, 0.29) is 6.03 Å². The fourth-order valence-electron chi connectivity index (χ4n) is 3.21. The summed E-state index contributed by atoms with van der Waals surface area (Å²) in [6, 6.07) is -0.885. The quantitative estimate of drug-likeness (QED) is 0.825. The number of urea groups is 1. The van der Waals surface area contributed by atoms with E-state index in [9.17, 15) is 14.7 Å². The van der Waals surface area contributed by atoms with Crippen LogP contribution in [0.5, 0.6) is 0 Å². The van der Waals surface area contributed by atoms with Gasteiger partial charge >= 0.3 is 12.0 Å². The molecular weight excluding hydrogens is 270 g/mol. The predicted octanol–water partition coefficient (Wildman–Crippen LogP) is 1.51. The monoisotopic (exact) mass is 297 g/mol. The first-order chi connectivity index (χ1) is 10.2. The molecule has 0 aromatic heterocycles. The second kappa shape index (κ2) is 8.22. The van der Waals surface area contributed by atoms with Gasteiger partial charge in [0.05, 0.1) is 0 Å². The summed E-state index contributed by atoms with van der Waals surface area (Å²) in [7, 11) is 0. The molecular formula is C15H27N3O3. The molecule has 2 N–H and O–H groups in total. The van der Waals surface area contributed by atoms with E-state index in [2.05, 4.69) is 10.2 Å². The maximum atomic E-state index is 12.2. The zero-order chi connectivity index (χ0) is 15.1. The highest BCUT2D eigenvalue weighted by Gasteiger charge is 2.30. The normalized spacial score (nSPS) is 24.4. The van der Waals surface area contributed by atoms with Crippen LogP contribution in [-0.4, -0.2) is 65.7 Å². The molecule has 1 unspecified atom stereocenters. The van der Waals surface area contributed by atoms with Gasteiger partial charge in [-0.05, 0) is 38.8 Å². The van der Waals surface area contributed by atoms with Crippen LogP contribution >= 0.6 is 0 Å². The Kier molecular flexibility index (Phi) is 6.29. The third-order valence-electron chi connectivity index (χ3n) is 4.45. The number of carboxylic acids is 1. The molecule has 0 bridgehead atoms. The van der Waals surface area contributed by atoms with Crippen LogP contribution in [0, 0.1) is 0 Å². The SMILES string of the molecule is O=C(O)C1CCCCCN1C(=O)NCCN1CCCCC1. The second-order valence-electron chi connectivity index (χ2n) is 6.03. The van der Waals surface area contributed by atoms with E-state index in [4.69, 9.17) is 0 Å². The Balaban J connectivity index is 1.78. The second-order valence-corrected chi connectivity index (χ2v) is 6.03. The molecule has 2 aliphatic heterocycles. The molecule has 0 aliphatic carbocycles. The zero-order valence-corrected chi connectivity index (χ0v) is 12.7. The fraction of sp³-hybridized carbons (Fsp3) is 0.867. The molecule has 0 saturated carbocycles. The van der Waals surface area contributed by atoms with E-state index >= 15 is 0 Å². The van der Waals surface area contributed by atoms with Gasteiger partial charge in [0.25, 0.3) is 0 Å². The van der Waals surface area contributed by atoms with Crippen LogP contribution in [0.2, 0.25) is 0 Å². The van der Waals surface area contributed by atoms with Gasteiger partial charge in [0.2, 0.25) is 0 Å². The van der Waals surface area contributed by atoms with E-state index in [0.717, 1.165) is 38.9 Å². The lowest BCUT2D eigenvalue weighted by molar-refractivity contribution is -0.142. The molecule has 120 valence electrons. The highest BCUT2D eigenvalue weighted by molar-refractivity contribution is 5.82. The number of carbonyl (C=O) groups is 2. The summed E-state index contributed by atoms with van der Waals surface area (Å²) in [5, 5.41) is 12.2. The summed E-state index contributed by atoms with van der Waals surface area (Å²) in [5.74, 6) is -0.886. The number of hydrogen-bond donors (Lipinski definition) is 2. The number of nitrogens with one attached hydrogen (secondary N) is 1. The Labute approximate surface area is 126 Å². The van der Waals surface area contributed by atoms with Crippen molar-refractivity contribution in [3.63, 3.8) is 0 Å². The predicted molar refractivity (Wildman–Crippen MR) is 80.3 cm³/mol. The first kappa shape index (κ1) is 16.1. The molecule has 0 radical (unpaired) electrons. The maximum absolute atomic E-state index is 12.2. The highest BCUT2D eigenvalue weighted by atomic mass is 16.4. The summed E-state index contributed by atoms with van der Waals surface area (Å²) in [5.41, 5.74) is 0. The Bertz CT molecular complexity index is 356. The number of hydrogen-bond acceptors (Lipinski definition) is 3. The van der Waals surface area contributed by atoms with Gasteiger partial charge in [0.15, 0.2) is 0 Å².